The average molecular weight is 275 g/mol. The third kappa shape index (κ3) is 2.81. The number of halogens is 1. The Kier molecular flexibility index (Phi) is 3.90. The van der Waals surface area contributed by atoms with Crippen molar-refractivity contribution >= 4 is 21.9 Å². The van der Waals surface area contributed by atoms with Crippen molar-refractivity contribution in [1.82, 2.24) is 9.78 Å². The molecule has 0 saturated heterocycles. The molecule has 0 saturated carbocycles. The molecule has 0 fully saturated rings. The number of hydrogen-bond acceptors (Lipinski definition) is 2. The molecule has 1 aromatic rings. The summed E-state index contributed by atoms with van der Waals surface area (Å²) >= 11 is 3.44. The first-order valence-corrected chi connectivity index (χ1v) is 5.66. The zero-order valence-corrected chi connectivity index (χ0v) is 10.7. The van der Waals surface area contributed by atoms with E-state index in [4.69, 9.17) is 5.11 Å². The molecule has 0 aliphatic rings. The van der Waals surface area contributed by atoms with E-state index in [1.54, 1.807) is 17.8 Å². The van der Waals surface area contributed by atoms with E-state index in [9.17, 15) is 4.79 Å². The first-order valence-electron chi connectivity index (χ1n) is 4.87. The Morgan fingerprint density at radius 3 is 2.60 bits per heavy atom. The van der Waals surface area contributed by atoms with Crippen LogP contribution in [0, 0.1) is 5.92 Å². The smallest absolute Gasteiger partial charge is 0.308 e. The van der Waals surface area contributed by atoms with Crippen LogP contribution >= 0.6 is 15.9 Å². The van der Waals surface area contributed by atoms with Crippen LogP contribution in [0.4, 0.5) is 0 Å². The van der Waals surface area contributed by atoms with Crippen LogP contribution < -0.4 is 0 Å². The number of carboxylic acids is 1. The van der Waals surface area contributed by atoms with Gasteiger partial charge in [-0.25, -0.2) is 0 Å². The molecule has 4 nitrogen and oxygen atoms in total. The van der Waals surface area contributed by atoms with Crippen molar-refractivity contribution in [3.63, 3.8) is 0 Å². The molecule has 1 heterocycles. The summed E-state index contributed by atoms with van der Waals surface area (Å²) < 4.78 is 2.57. The van der Waals surface area contributed by atoms with Crippen LogP contribution in [0.2, 0.25) is 0 Å². The highest BCUT2D eigenvalue weighted by Gasteiger charge is 2.16. The maximum Gasteiger partial charge on any atom is 0.308 e. The fourth-order valence-electron chi connectivity index (χ4n) is 1.24. The van der Waals surface area contributed by atoms with Crippen LogP contribution in [-0.2, 0) is 11.3 Å². The lowest BCUT2D eigenvalue weighted by atomic mass is 10.1. The van der Waals surface area contributed by atoms with E-state index in [1.165, 1.54) is 0 Å². The number of rotatable bonds is 4. The molecule has 0 amide bonds. The van der Waals surface area contributed by atoms with Crippen molar-refractivity contribution in [2.45, 2.75) is 33.2 Å². The van der Waals surface area contributed by atoms with Crippen molar-refractivity contribution in [1.29, 1.82) is 0 Å². The standard InChI is InChI=1S/C10H15BrN2O2/c1-6(2)8-4-12-13(9(8)11)5-7(3)10(14)15/h4,6-7H,5H2,1-3H3,(H,14,15). The van der Waals surface area contributed by atoms with Gasteiger partial charge in [0.05, 0.1) is 18.7 Å². The van der Waals surface area contributed by atoms with Crippen molar-refractivity contribution in [3.05, 3.63) is 16.4 Å². The Morgan fingerprint density at radius 1 is 1.60 bits per heavy atom. The van der Waals surface area contributed by atoms with Crippen LogP contribution in [0.1, 0.15) is 32.3 Å². The maximum absolute atomic E-state index is 10.7. The largest absolute Gasteiger partial charge is 0.481 e. The van der Waals surface area contributed by atoms with Crippen LogP contribution in [-0.4, -0.2) is 20.9 Å². The van der Waals surface area contributed by atoms with Crippen molar-refractivity contribution in [2.24, 2.45) is 5.92 Å². The van der Waals surface area contributed by atoms with Crippen molar-refractivity contribution in [2.75, 3.05) is 0 Å². The number of hydrogen-bond donors (Lipinski definition) is 1. The number of aromatic nitrogens is 2. The minimum Gasteiger partial charge on any atom is -0.481 e. The molecular formula is C10H15BrN2O2. The lowest BCUT2D eigenvalue weighted by Gasteiger charge is -2.08. The van der Waals surface area contributed by atoms with Gasteiger partial charge in [0.1, 0.15) is 4.60 Å². The SMILES string of the molecule is CC(Cn1ncc(C(C)C)c1Br)C(=O)O. The molecule has 15 heavy (non-hydrogen) atoms. The van der Waals surface area contributed by atoms with Crippen LogP contribution in [0.3, 0.4) is 0 Å². The maximum atomic E-state index is 10.7. The topological polar surface area (TPSA) is 55.1 Å². The third-order valence-corrected chi connectivity index (χ3v) is 3.16. The lowest BCUT2D eigenvalue weighted by Crippen LogP contribution is -2.17. The molecule has 0 aliphatic heterocycles. The van der Waals surface area contributed by atoms with E-state index >= 15 is 0 Å². The lowest BCUT2D eigenvalue weighted by molar-refractivity contribution is -0.141. The van der Waals surface area contributed by atoms with Gasteiger partial charge < -0.3 is 5.11 Å². The van der Waals surface area contributed by atoms with Crippen LogP contribution in [0.5, 0.6) is 0 Å². The van der Waals surface area contributed by atoms with Gasteiger partial charge in [-0.2, -0.15) is 5.10 Å². The van der Waals surface area contributed by atoms with Gasteiger partial charge in [0.2, 0.25) is 0 Å². The molecular weight excluding hydrogens is 260 g/mol. The van der Waals surface area contributed by atoms with Gasteiger partial charge in [-0.15, -0.1) is 0 Å². The van der Waals surface area contributed by atoms with E-state index in [0.717, 1.165) is 10.2 Å². The number of aliphatic carboxylic acids is 1. The van der Waals surface area contributed by atoms with Gasteiger partial charge in [0, 0.05) is 5.56 Å². The summed E-state index contributed by atoms with van der Waals surface area (Å²) in [6.07, 6.45) is 1.78. The molecule has 0 aromatic carbocycles. The molecule has 0 aliphatic carbocycles. The minimum absolute atomic E-state index is 0.383. The van der Waals surface area contributed by atoms with E-state index in [2.05, 4.69) is 34.9 Å². The quantitative estimate of drug-likeness (QED) is 0.918. The Hall–Kier alpha value is -0.840. The fourth-order valence-corrected chi connectivity index (χ4v) is 2.03. The first-order chi connectivity index (χ1) is 6.93. The summed E-state index contributed by atoms with van der Waals surface area (Å²) in [6.45, 7) is 6.22. The second kappa shape index (κ2) is 4.79. The predicted octanol–water partition coefficient (Wildman–Crippen LogP) is 2.49. The monoisotopic (exact) mass is 274 g/mol. The molecule has 5 heteroatoms. The molecule has 0 bridgehead atoms. The molecule has 0 spiro atoms. The molecule has 84 valence electrons. The summed E-state index contributed by atoms with van der Waals surface area (Å²) in [5.41, 5.74) is 1.10. The van der Waals surface area contributed by atoms with E-state index in [-0.39, 0.29) is 0 Å². The van der Waals surface area contributed by atoms with Crippen molar-refractivity contribution in [3.8, 4) is 0 Å². The zero-order chi connectivity index (χ0) is 11.6. The van der Waals surface area contributed by atoms with E-state index < -0.39 is 11.9 Å². The highest BCUT2D eigenvalue weighted by molar-refractivity contribution is 9.10. The van der Waals surface area contributed by atoms with Crippen LogP contribution in [0.15, 0.2) is 10.8 Å². The Labute approximate surface area is 97.4 Å². The van der Waals surface area contributed by atoms with Crippen molar-refractivity contribution < 1.29 is 9.90 Å². The Balaban J connectivity index is 2.83. The van der Waals surface area contributed by atoms with Gasteiger partial charge in [0.25, 0.3) is 0 Å². The molecule has 1 atom stereocenters. The zero-order valence-electron chi connectivity index (χ0n) is 9.07. The van der Waals surface area contributed by atoms with E-state index in [0.29, 0.717) is 12.5 Å². The van der Waals surface area contributed by atoms with Gasteiger partial charge in [-0.3, -0.25) is 9.48 Å². The summed E-state index contributed by atoms with van der Waals surface area (Å²) in [5, 5.41) is 13.0. The average Bonchev–Trinajstić information content (AvgIpc) is 2.48. The van der Waals surface area contributed by atoms with Gasteiger partial charge in [0.15, 0.2) is 0 Å². The number of carboxylic acid groups (broad SMARTS) is 1. The number of nitrogens with zero attached hydrogens (tertiary/aromatic N) is 2. The Bertz CT molecular complexity index is 360. The predicted molar refractivity (Wildman–Crippen MR) is 60.8 cm³/mol. The second-order valence-electron chi connectivity index (χ2n) is 3.97. The minimum atomic E-state index is -0.802. The molecule has 0 radical (unpaired) electrons. The van der Waals surface area contributed by atoms with Crippen LogP contribution in [0.25, 0.3) is 0 Å². The van der Waals surface area contributed by atoms with Gasteiger partial charge >= 0.3 is 5.97 Å². The van der Waals surface area contributed by atoms with E-state index in [1.807, 2.05) is 0 Å². The normalized spacial score (nSPS) is 13.1. The number of carbonyl (C=O) groups is 1. The third-order valence-electron chi connectivity index (χ3n) is 2.29. The summed E-state index contributed by atoms with van der Waals surface area (Å²) in [5.74, 6) is -0.849. The second-order valence-corrected chi connectivity index (χ2v) is 4.72. The van der Waals surface area contributed by atoms with Gasteiger partial charge in [-0.1, -0.05) is 20.8 Å². The highest BCUT2D eigenvalue weighted by atomic mass is 79.9. The first kappa shape index (κ1) is 12.2. The molecule has 1 aromatic heterocycles. The Morgan fingerprint density at radius 2 is 2.20 bits per heavy atom. The molecule has 1 N–H and O–H groups in total. The summed E-state index contributed by atoms with van der Waals surface area (Å²) in [7, 11) is 0. The molecule has 1 unspecified atom stereocenters. The summed E-state index contributed by atoms with van der Waals surface area (Å²) in [4.78, 5) is 10.7. The summed E-state index contributed by atoms with van der Waals surface area (Å²) in [6, 6.07) is 0. The highest BCUT2D eigenvalue weighted by Crippen LogP contribution is 2.24. The van der Waals surface area contributed by atoms with Gasteiger partial charge in [-0.05, 0) is 21.8 Å². The molecule has 1 rings (SSSR count). The fraction of sp³-hybridized carbons (Fsp3) is 0.600.